The average Bonchev–Trinajstić information content (AvgIpc) is 2.91. The van der Waals surface area contributed by atoms with Gasteiger partial charge in [-0.25, -0.2) is 0 Å². The number of carbonyl (C=O) groups excluding carboxylic acids is 1. The summed E-state index contributed by atoms with van der Waals surface area (Å²) in [6, 6.07) is 32.7. The number of nitrogens with zero attached hydrogens (tertiary/aromatic N) is 1. The van der Waals surface area contributed by atoms with Gasteiger partial charge in [-0.2, -0.15) is 5.26 Å². The highest BCUT2D eigenvalue weighted by molar-refractivity contribution is 14.1. The summed E-state index contributed by atoms with van der Waals surface area (Å²) in [6.07, 6.45) is 1.57. The summed E-state index contributed by atoms with van der Waals surface area (Å²) in [5.41, 5.74) is 4.68. The third kappa shape index (κ3) is 7.69. The summed E-state index contributed by atoms with van der Waals surface area (Å²) in [5.74, 6) is 0.962. The number of benzene rings is 4. The third-order valence-corrected chi connectivity index (χ3v) is 6.31. The van der Waals surface area contributed by atoms with Crippen LogP contribution in [-0.2, 0) is 18.0 Å². The molecular formula is C31H25IN2O3. The molecule has 0 spiro atoms. The molecule has 0 radical (unpaired) electrons. The maximum atomic E-state index is 12.7. The van der Waals surface area contributed by atoms with Gasteiger partial charge in [-0.15, -0.1) is 0 Å². The van der Waals surface area contributed by atoms with Gasteiger partial charge in [-0.1, -0.05) is 66.2 Å². The Hall–Kier alpha value is -4.09. The van der Waals surface area contributed by atoms with Gasteiger partial charge in [0.05, 0.1) is 3.57 Å². The second-order valence-electron chi connectivity index (χ2n) is 8.39. The van der Waals surface area contributed by atoms with E-state index >= 15 is 0 Å². The largest absolute Gasteiger partial charge is 0.489 e. The van der Waals surface area contributed by atoms with E-state index in [-0.39, 0.29) is 5.57 Å². The number of hydrogen-bond donors (Lipinski definition) is 1. The fourth-order valence-corrected chi connectivity index (χ4v) is 4.27. The summed E-state index contributed by atoms with van der Waals surface area (Å²) in [5, 5.41) is 12.4. The maximum Gasteiger partial charge on any atom is 0.266 e. The molecule has 0 heterocycles. The van der Waals surface area contributed by atoms with E-state index in [9.17, 15) is 10.1 Å². The lowest BCUT2D eigenvalue weighted by Gasteiger charge is -2.10. The molecule has 0 atom stereocenters. The van der Waals surface area contributed by atoms with E-state index in [1.807, 2.05) is 79.7 Å². The van der Waals surface area contributed by atoms with E-state index in [1.165, 1.54) is 5.56 Å². The number of carbonyl (C=O) groups is 1. The first-order chi connectivity index (χ1) is 18.0. The number of aryl methyl sites for hydroxylation is 1. The van der Waals surface area contributed by atoms with Gasteiger partial charge >= 0.3 is 0 Å². The smallest absolute Gasteiger partial charge is 0.266 e. The van der Waals surface area contributed by atoms with E-state index < -0.39 is 5.91 Å². The summed E-state index contributed by atoms with van der Waals surface area (Å²) in [7, 11) is 0. The topological polar surface area (TPSA) is 71.3 Å². The van der Waals surface area contributed by atoms with Crippen molar-refractivity contribution in [2.75, 3.05) is 5.32 Å². The molecule has 184 valence electrons. The molecule has 4 aromatic rings. The molecule has 0 fully saturated rings. The van der Waals surface area contributed by atoms with Crippen molar-refractivity contribution in [3.05, 3.63) is 128 Å². The van der Waals surface area contributed by atoms with Gasteiger partial charge in [-0.3, -0.25) is 4.79 Å². The summed E-state index contributed by atoms with van der Waals surface area (Å²) in [6.45, 7) is 2.98. The zero-order valence-electron chi connectivity index (χ0n) is 20.3. The highest BCUT2D eigenvalue weighted by Crippen LogP contribution is 2.25. The van der Waals surface area contributed by atoms with Gasteiger partial charge in [0, 0.05) is 5.69 Å². The Kier molecular flexibility index (Phi) is 8.95. The van der Waals surface area contributed by atoms with E-state index in [0.717, 1.165) is 26.0 Å². The minimum atomic E-state index is -0.477. The molecular weight excluding hydrogens is 575 g/mol. The second-order valence-corrected chi connectivity index (χ2v) is 9.55. The number of hydrogen-bond acceptors (Lipinski definition) is 4. The molecule has 4 rings (SSSR count). The number of rotatable bonds is 9. The molecule has 4 aromatic carbocycles. The zero-order chi connectivity index (χ0) is 26.0. The SMILES string of the molecule is Cc1cccc(COc2ccc(/C=C(\C#N)C(=O)Nc3ccc(OCc4ccccc4)cc3)cc2I)c1. The van der Waals surface area contributed by atoms with Crippen LogP contribution >= 0.6 is 22.6 Å². The minimum absolute atomic E-state index is 0.00799. The number of ether oxygens (including phenoxy) is 2. The molecule has 0 saturated heterocycles. The van der Waals surface area contributed by atoms with Gasteiger partial charge in [0.15, 0.2) is 0 Å². The Bertz CT molecular complexity index is 1440. The first kappa shape index (κ1) is 26.0. The number of halogens is 1. The van der Waals surface area contributed by atoms with E-state index in [0.29, 0.717) is 24.7 Å². The molecule has 0 aliphatic rings. The molecule has 37 heavy (non-hydrogen) atoms. The average molecular weight is 600 g/mol. The fourth-order valence-electron chi connectivity index (χ4n) is 3.58. The fraction of sp³-hybridized carbons (Fsp3) is 0.0968. The number of amides is 1. The number of nitrogens with one attached hydrogen (secondary N) is 1. The predicted octanol–water partition coefficient (Wildman–Crippen LogP) is 7.30. The lowest BCUT2D eigenvalue weighted by molar-refractivity contribution is -0.112. The zero-order valence-corrected chi connectivity index (χ0v) is 22.4. The van der Waals surface area contributed by atoms with Gasteiger partial charge in [0.2, 0.25) is 0 Å². The first-order valence-corrected chi connectivity index (χ1v) is 12.8. The molecule has 0 aromatic heterocycles. The van der Waals surface area contributed by atoms with E-state index in [2.05, 4.69) is 34.0 Å². The van der Waals surface area contributed by atoms with Crippen molar-refractivity contribution in [2.24, 2.45) is 0 Å². The van der Waals surface area contributed by atoms with Gasteiger partial charge < -0.3 is 14.8 Å². The van der Waals surface area contributed by atoms with Gasteiger partial charge in [-0.05, 0) is 88.7 Å². The Balaban J connectivity index is 1.36. The van der Waals surface area contributed by atoms with Gasteiger partial charge in [0.1, 0.15) is 36.4 Å². The molecule has 1 N–H and O–H groups in total. The maximum absolute atomic E-state index is 12.7. The monoisotopic (exact) mass is 600 g/mol. The number of nitriles is 1. The summed E-state index contributed by atoms with van der Waals surface area (Å²) >= 11 is 2.19. The van der Waals surface area contributed by atoms with Crippen molar-refractivity contribution in [3.8, 4) is 17.6 Å². The highest BCUT2D eigenvalue weighted by Gasteiger charge is 2.11. The van der Waals surface area contributed by atoms with Crippen LogP contribution in [0.5, 0.6) is 11.5 Å². The quantitative estimate of drug-likeness (QED) is 0.124. The van der Waals surface area contributed by atoms with E-state index in [4.69, 9.17) is 9.47 Å². The van der Waals surface area contributed by atoms with Crippen LogP contribution in [0.25, 0.3) is 6.08 Å². The number of anilines is 1. The third-order valence-electron chi connectivity index (χ3n) is 5.47. The van der Waals surface area contributed by atoms with Crippen molar-refractivity contribution < 1.29 is 14.3 Å². The highest BCUT2D eigenvalue weighted by atomic mass is 127. The van der Waals surface area contributed by atoms with Crippen LogP contribution in [0, 0.1) is 21.8 Å². The molecule has 1 amide bonds. The molecule has 0 unspecified atom stereocenters. The van der Waals surface area contributed by atoms with Crippen LogP contribution in [0.15, 0.2) is 103 Å². The van der Waals surface area contributed by atoms with Crippen molar-refractivity contribution in [1.29, 1.82) is 5.26 Å². The van der Waals surface area contributed by atoms with Crippen LogP contribution < -0.4 is 14.8 Å². The Labute approximate surface area is 230 Å². The summed E-state index contributed by atoms with van der Waals surface area (Å²) in [4.78, 5) is 12.7. The molecule has 0 aliphatic carbocycles. The van der Waals surface area contributed by atoms with Crippen LogP contribution in [0.1, 0.15) is 22.3 Å². The lowest BCUT2D eigenvalue weighted by Crippen LogP contribution is -2.13. The van der Waals surface area contributed by atoms with Crippen molar-refractivity contribution in [1.82, 2.24) is 0 Å². The molecule has 5 nitrogen and oxygen atoms in total. The Morgan fingerprint density at radius 2 is 1.62 bits per heavy atom. The van der Waals surface area contributed by atoms with Crippen molar-refractivity contribution >= 4 is 40.3 Å². The van der Waals surface area contributed by atoms with Crippen LogP contribution in [0.4, 0.5) is 5.69 Å². The summed E-state index contributed by atoms with van der Waals surface area (Å²) < 4.78 is 12.6. The van der Waals surface area contributed by atoms with Crippen LogP contribution in [0.3, 0.4) is 0 Å². The second kappa shape index (κ2) is 12.7. The molecule has 0 aliphatic heterocycles. The van der Waals surface area contributed by atoms with Crippen molar-refractivity contribution in [2.45, 2.75) is 20.1 Å². The standard InChI is InChI=1S/C31H25IN2O3/c1-22-6-5-9-25(16-22)21-37-30-15-10-24(18-29(30)32)17-26(19-33)31(35)34-27-11-13-28(14-12-27)36-20-23-7-3-2-4-8-23/h2-18H,20-21H2,1H3,(H,34,35)/b26-17+. The molecule has 6 heteroatoms. The minimum Gasteiger partial charge on any atom is -0.489 e. The van der Waals surface area contributed by atoms with Gasteiger partial charge in [0.25, 0.3) is 5.91 Å². The Morgan fingerprint density at radius 3 is 2.32 bits per heavy atom. The lowest BCUT2D eigenvalue weighted by atomic mass is 10.1. The normalized spacial score (nSPS) is 10.9. The molecule has 0 saturated carbocycles. The first-order valence-electron chi connectivity index (χ1n) is 11.7. The van der Waals surface area contributed by atoms with Crippen LogP contribution in [-0.4, -0.2) is 5.91 Å². The van der Waals surface area contributed by atoms with Crippen LogP contribution in [0.2, 0.25) is 0 Å². The van der Waals surface area contributed by atoms with Crippen molar-refractivity contribution in [3.63, 3.8) is 0 Å². The Morgan fingerprint density at radius 1 is 0.892 bits per heavy atom. The predicted molar refractivity (Wildman–Crippen MR) is 154 cm³/mol. The van der Waals surface area contributed by atoms with E-state index in [1.54, 1.807) is 30.3 Å². The molecule has 0 bridgehead atoms.